The first-order chi connectivity index (χ1) is 10.3. The molecule has 21 heavy (non-hydrogen) atoms. The van der Waals surface area contributed by atoms with E-state index in [0.717, 1.165) is 19.6 Å². The van der Waals surface area contributed by atoms with Crippen molar-refractivity contribution in [2.45, 2.75) is 19.3 Å². The Kier molecular flexibility index (Phi) is 4.15. The number of benzene rings is 1. The predicted octanol–water partition coefficient (Wildman–Crippen LogP) is 2.71. The topological polar surface area (TPSA) is 52.9 Å². The van der Waals surface area contributed by atoms with Crippen molar-refractivity contribution < 1.29 is 9.90 Å². The molecule has 0 unspecified atom stereocenters. The number of allylic oxidation sites excluding steroid dienone is 1. The fourth-order valence-electron chi connectivity index (χ4n) is 2.94. The van der Waals surface area contributed by atoms with E-state index in [1.807, 2.05) is 6.07 Å². The lowest BCUT2D eigenvalue weighted by atomic mass is 10.1. The summed E-state index contributed by atoms with van der Waals surface area (Å²) in [5, 5.41) is 10.1. The molecule has 1 aromatic rings. The third-order valence-electron chi connectivity index (χ3n) is 4.14. The van der Waals surface area contributed by atoms with E-state index in [-0.39, 0.29) is 11.5 Å². The van der Waals surface area contributed by atoms with Crippen LogP contribution >= 0.6 is 0 Å². The highest BCUT2D eigenvalue weighted by Gasteiger charge is 2.27. The number of Topliss-reactive ketones (excluding diaryl/α,β-unsaturated/α-hetero) is 1. The van der Waals surface area contributed by atoms with Crippen LogP contribution in [0.25, 0.3) is 5.76 Å². The lowest BCUT2D eigenvalue weighted by molar-refractivity contribution is 0.104. The average Bonchev–Trinajstić information content (AvgIpc) is 2.77. The summed E-state index contributed by atoms with van der Waals surface area (Å²) >= 11 is 0. The van der Waals surface area contributed by atoms with Crippen molar-refractivity contribution >= 4 is 17.8 Å². The van der Waals surface area contributed by atoms with Crippen LogP contribution in [0.3, 0.4) is 0 Å². The van der Waals surface area contributed by atoms with Crippen LogP contribution in [0.5, 0.6) is 0 Å². The standard InChI is InChI=1S/C17H20N2O2/c20-16-13-6-2-3-7-14(13)17(21)15(16)12-18-8-11-19-9-4-1-5-10-19/h2-3,6-7,12,20H,1,4-5,8-11H2. The molecule has 4 nitrogen and oxygen atoms in total. The summed E-state index contributed by atoms with van der Waals surface area (Å²) in [6.45, 7) is 3.88. The third-order valence-corrected chi connectivity index (χ3v) is 4.14. The molecular weight excluding hydrogens is 264 g/mol. The maximum Gasteiger partial charge on any atom is 0.199 e. The number of carbonyl (C=O) groups excluding carboxylic acids is 1. The number of nitrogens with zero attached hydrogens (tertiary/aromatic N) is 2. The van der Waals surface area contributed by atoms with E-state index in [0.29, 0.717) is 23.2 Å². The SMILES string of the molecule is O=C1C(C=NCCN2CCCCC2)=C(O)c2ccccc21. The van der Waals surface area contributed by atoms with Crippen molar-refractivity contribution in [3.63, 3.8) is 0 Å². The molecule has 0 amide bonds. The molecule has 110 valence electrons. The zero-order valence-corrected chi connectivity index (χ0v) is 12.1. The molecule has 1 aromatic carbocycles. The minimum atomic E-state index is -0.134. The number of hydrogen-bond donors (Lipinski definition) is 1. The van der Waals surface area contributed by atoms with Gasteiger partial charge in [-0.2, -0.15) is 0 Å². The quantitative estimate of drug-likeness (QED) is 0.865. The second-order valence-corrected chi connectivity index (χ2v) is 5.57. The molecule has 0 aromatic heterocycles. The summed E-state index contributed by atoms with van der Waals surface area (Å²) in [5.41, 5.74) is 1.49. The monoisotopic (exact) mass is 284 g/mol. The number of aliphatic imine (C=N–C) groups is 1. The van der Waals surface area contributed by atoms with Crippen LogP contribution in [0.1, 0.15) is 35.2 Å². The molecule has 1 N–H and O–H groups in total. The van der Waals surface area contributed by atoms with Gasteiger partial charge in [0.25, 0.3) is 0 Å². The van der Waals surface area contributed by atoms with Gasteiger partial charge >= 0.3 is 0 Å². The highest BCUT2D eigenvalue weighted by atomic mass is 16.3. The number of ketones is 1. The summed E-state index contributed by atoms with van der Waals surface area (Å²) in [5.74, 6) is -0.0813. The number of hydrogen-bond acceptors (Lipinski definition) is 4. The van der Waals surface area contributed by atoms with E-state index in [1.165, 1.54) is 25.5 Å². The Morgan fingerprint density at radius 1 is 1.14 bits per heavy atom. The minimum absolute atomic E-state index is 0.0531. The smallest absolute Gasteiger partial charge is 0.199 e. The van der Waals surface area contributed by atoms with Gasteiger partial charge in [-0.25, -0.2) is 0 Å². The van der Waals surface area contributed by atoms with E-state index < -0.39 is 0 Å². The molecule has 3 rings (SSSR count). The van der Waals surface area contributed by atoms with E-state index in [2.05, 4.69) is 9.89 Å². The van der Waals surface area contributed by atoms with Crippen LogP contribution in [0.4, 0.5) is 0 Å². The largest absolute Gasteiger partial charge is 0.506 e. The average molecular weight is 284 g/mol. The molecule has 0 atom stereocenters. The minimum Gasteiger partial charge on any atom is -0.506 e. The van der Waals surface area contributed by atoms with Gasteiger partial charge in [-0.15, -0.1) is 0 Å². The zero-order valence-electron chi connectivity index (χ0n) is 12.1. The Labute approximate surface area is 124 Å². The van der Waals surface area contributed by atoms with Crippen LogP contribution in [0.15, 0.2) is 34.8 Å². The molecule has 1 saturated heterocycles. The van der Waals surface area contributed by atoms with Gasteiger partial charge in [-0.1, -0.05) is 30.7 Å². The number of aliphatic hydroxyl groups excluding tert-OH is 1. The maximum absolute atomic E-state index is 12.2. The number of fused-ring (bicyclic) bond motifs is 1. The second-order valence-electron chi connectivity index (χ2n) is 5.57. The summed E-state index contributed by atoms with van der Waals surface area (Å²) < 4.78 is 0. The van der Waals surface area contributed by atoms with Crippen molar-refractivity contribution in [3.8, 4) is 0 Å². The Hall–Kier alpha value is -1.94. The maximum atomic E-state index is 12.2. The molecule has 2 aliphatic rings. The van der Waals surface area contributed by atoms with E-state index in [4.69, 9.17) is 0 Å². The normalized spacial score (nSPS) is 19.5. The van der Waals surface area contributed by atoms with Gasteiger partial charge in [0.15, 0.2) is 5.78 Å². The van der Waals surface area contributed by atoms with E-state index >= 15 is 0 Å². The van der Waals surface area contributed by atoms with Gasteiger partial charge < -0.3 is 10.0 Å². The van der Waals surface area contributed by atoms with Gasteiger partial charge in [0, 0.05) is 23.9 Å². The van der Waals surface area contributed by atoms with Crippen LogP contribution in [-0.4, -0.2) is 48.2 Å². The summed E-state index contributed by atoms with van der Waals surface area (Å²) in [6.07, 6.45) is 5.39. The number of likely N-dealkylation sites (tertiary alicyclic amines) is 1. The highest BCUT2D eigenvalue weighted by molar-refractivity contribution is 6.30. The third kappa shape index (κ3) is 2.90. The molecule has 1 aliphatic heterocycles. The predicted molar refractivity (Wildman–Crippen MR) is 84.0 cm³/mol. The molecule has 1 aliphatic carbocycles. The Bertz CT molecular complexity index is 599. The Morgan fingerprint density at radius 2 is 1.86 bits per heavy atom. The summed E-state index contributed by atoms with van der Waals surface area (Å²) in [4.78, 5) is 18.9. The van der Waals surface area contributed by atoms with Crippen molar-refractivity contribution in [2.75, 3.05) is 26.2 Å². The fraction of sp³-hybridized carbons (Fsp3) is 0.412. The first-order valence-electron chi connectivity index (χ1n) is 7.57. The number of piperidine rings is 1. The molecule has 1 fully saturated rings. The van der Waals surface area contributed by atoms with Crippen LogP contribution < -0.4 is 0 Å². The molecule has 0 radical (unpaired) electrons. The lowest BCUT2D eigenvalue weighted by Gasteiger charge is -2.25. The van der Waals surface area contributed by atoms with Crippen molar-refractivity contribution in [1.82, 2.24) is 4.90 Å². The van der Waals surface area contributed by atoms with Gasteiger partial charge in [-0.05, 0) is 25.9 Å². The number of rotatable bonds is 4. The van der Waals surface area contributed by atoms with Gasteiger partial charge in [0.1, 0.15) is 5.76 Å². The van der Waals surface area contributed by atoms with Gasteiger partial charge in [0.2, 0.25) is 0 Å². The number of aliphatic hydroxyl groups is 1. The first-order valence-corrected chi connectivity index (χ1v) is 7.57. The lowest BCUT2D eigenvalue weighted by Crippen LogP contribution is -2.31. The molecule has 4 heteroatoms. The molecule has 0 spiro atoms. The fourth-order valence-corrected chi connectivity index (χ4v) is 2.94. The Balaban J connectivity index is 1.61. The van der Waals surface area contributed by atoms with Gasteiger partial charge in [-0.3, -0.25) is 9.79 Å². The van der Waals surface area contributed by atoms with Crippen molar-refractivity contribution in [3.05, 3.63) is 41.0 Å². The summed E-state index contributed by atoms with van der Waals surface area (Å²) in [6, 6.07) is 7.12. The van der Waals surface area contributed by atoms with Gasteiger partial charge in [0.05, 0.1) is 12.1 Å². The number of carbonyl (C=O) groups is 1. The molecule has 1 heterocycles. The first kappa shape index (κ1) is 14.0. The van der Waals surface area contributed by atoms with Crippen LogP contribution in [0.2, 0.25) is 0 Å². The zero-order chi connectivity index (χ0) is 14.7. The summed E-state index contributed by atoms with van der Waals surface area (Å²) in [7, 11) is 0. The van der Waals surface area contributed by atoms with Crippen molar-refractivity contribution in [2.24, 2.45) is 4.99 Å². The molecule has 0 bridgehead atoms. The Morgan fingerprint density at radius 3 is 2.57 bits per heavy atom. The van der Waals surface area contributed by atoms with Crippen LogP contribution in [0, 0.1) is 0 Å². The molecular formula is C17H20N2O2. The van der Waals surface area contributed by atoms with Crippen molar-refractivity contribution in [1.29, 1.82) is 0 Å². The molecule has 0 saturated carbocycles. The van der Waals surface area contributed by atoms with E-state index in [1.54, 1.807) is 18.2 Å². The van der Waals surface area contributed by atoms with Crippen LogP contribution in [-0.2, 0) is 0 Å². The highest BCUT2D eigenvalue weighted by Crippen LogP contribution is 2.29. The van der Waals surface area contributed by atoms with E-state index in [9.17, 15) is 9.90 Å². The second kappa shape index (κ2) is 6.22.